The second-order valence-corrected chi connectivity index (χ2v) is 10.6. The van der Waals surface area contributed by atoms with Gasteiger partial charge in [-0.25, -0.2) is 4.79 Å². The summed E-state index contributed by atoms with van der Waals surface area (Å²) in [6.07, 6.45) is -2.75. The summed E-state index contributed by atoms with van der Waals surface area (Å²) in [6.45, 7) is 6.62. The monoisotopic (exact) mass is 540 g/mol. The molecule has 1 aliphatic rings. The highest BCUT2D eigenvalue weighted by atomic mass is 35.5. The van der Waals surface area contributed by atoms with Gasteiger partial charge in [0.05, 0.1) is 0 Å². The van der Waals surface area contributed by atoms with E-state index >= 15 is 0 Å². The summed E-state index contributed by atoms with van der Waals surface area (Å²) in [5, 5.41) is 3.02. The average molecular weight is 541 g/mol. The SMILES string of the molecule is CN(CC1CCN(C(=O)C(NC(=O)OC(C)(C)C)c2ccccc2Cl)CC1)c1ccnc(C(F)(F)F)c1. The molecule has 1 aliphatic heterocycles. The van der Waals surface area contributed by atoms with Crippen molar-refractivity contribution in [2.45, 2.75) is 51.4 Å². The Balaban J connectivity index is 1.65. The second kappa shape index (κ2) is 11.6. The molecular formula is C26H32ClF3N4O3. The van der Waals surface area contributed by atoms with Gasteiger partial charge in [-0.3, -0.25) is 9.78 Å². The van der Waals surface area contributed by atoms with E-state index in [4.69, 9.17) is 16.3 Å². The fraction of sp³-hybridized carbons (Fsp3) is 0.500. The third-order valence-electron chi connectivity index (χ3n) is 6.06. The molecule has 7 nitrogen and oxygen atoms in total. The largest absolute Gasteiger partial charge is 0.444 e. The van der Waals surface area contributed by atoms with Crippen molar-refractivity contribution >= 4 is 29.3 Å². The van der Waals surface area contributed by atoms with Crippen molar-refractivity contribution < 1.29 is 27.5 Å². The molecule has 2 amide bonds. The summed E-state index contributed by atoms with van der Waals surface area (Å²) in [7, 11) is 1.74. The second-order valence-electron chi connectivity index (χ2n) is 10.1. The average Bonchev–Trinajstić information content (AvgIpc) is 2.81. The summed E-state index contributed by atoms with van der Waals surface area (Å²) in [6, 6.07) is 8.39. The van der Waals surface area contributed by atoms with Gasteiger partial charge in [0.15, 0.2) is 0 Å². The number of hydrogen-bond donors (Lipinski definition) is 1. The molecule has 202 valence electrons. The minimum absolute atomic E-state index is 0.175. The van der Waals surface area contributed by atoms with Gasteiger partial charge >= 0.3 is 12.3 Å². The number of benzene rings is 1. The van der Waals surface area contributed by atoms with E-state index in [1.165, 1.54) is 0 Å². The van der Waals surface area contributed by atoms with Gasteiger partial charge in [0, 0.05) is 49.2 Å². The highest BCUT2D eigenvalue weighted by Crippen LogP contribution is 2.31. The van der Waals surface area contributed by atoms with E-state index in [1.807, 2.05) is 0 Å². The molecule has 2 aromatic rings. The molecule has 1 saturated heterocycles. The van der Waals surface area contributed by atoms with Crippen molar-refractivity contribution in [1.82, 2.24) is 15.2 Å². The Bertz CT molecular complexity index is 1100. The molecule has 0 aliphatic carbocycles. The number of carbonyl (C=O) groups is 2. The molecule has 1 aromatic heterocycles. The van der Waals surface area contributed by atoms with Crippen LogP contribution in [-0.2, 0) is 15.7 Å². The molecule has 2 heterocycles. The fourth-order valence-electron chi connectivity index (χ4n) is 4.23. The molecule has 0 saturated carbocycles. The number of ether oxygens (including phenoxy) is 1. The number of nitrogens with zero attached hydrogens (tertiary/aromatic N) is 3. The van der Waals surface area contributed by atoms with Crippen LogP contribution >= 0.6 is 11.6 Å². The highest BCUT2D eigenvalue weighted by Gasteiger charge is 2.34. The number of anilines is 1. The Morgan fingerprint density at radius 1 is 1.19 bits per heavy atom. The predicted molar refractivity (Wildman–Crippen MR) is 135 cm³/mol. The molecule has 1 N–H and O–H groups in total. The number of halogens is 4. The first-order valence-electron chi connectivity index (χ1n) is 12.0. The van der Waals surface area contributed by atoms with Crippen LogP contribution in [0, 0.1) is 5.92 Å². The van der Waals surface area contributed by atoms with Crippen LogP contribution in [0.25, 0.3) is 0 Å². The zero-order valence-corrected chi connectivity index (χ0v) is 22.1. The van der Waals surface area contributed by atoms with E-state index in [9.17, 15) is 22.8 Å². The van der Waals surface area contributed by atoms with Crippen LogP contribution in [0.2, 0.25) is 5.02 Å². The molecule has 0 radical (unpaired) electrons. The molecule has 3 rings (SSSR count). The van der Waals surface area contributed by atoms with Gasteiger partial charge < -0.3 is 19.9 Å². The van der Waals surface area contributed by atoms with Gasteiger partial charge in [0.25, 0.3) is 0 Å². The Labute approximate surface area is 219 Å². The van der Waals surface area contributed by atoms with Gasteiger partial charge in [-0.15, -0.1) is 0 Å². The summed E-state index contributed by atoms with van der Waals surface area (Å²) in [4.78, 5) is 32.9. The number of aromatic nitrogens is 1. The maximum absolute atomic E-state index is 13.5. The number of likely N-dealkylation sites (tertiary alicyclic amines) is 1. The van der Waals surface area contributed by atoms with Crippen molar-refractivity contribution in [1.29, 1.82) is 0 Å². The van der Waals surface area contributed by atoms with Crippen LogP contribution in [0.4, 0.5) is 23.7 Å². The predicted octanol–water partition coefficient (Wildman–Crippen LogP) is 5.69. The molecule has 37 heavy (non-hydrogen) atoms. The molecule has 1 fully saturated rings. The number of carbonyl (C=O) groups excluding carboxylic acids is 2. The van der Waals surface area contributed by atoms with Gasteiger partial charge in [0.1, 0.15) is 17.3 Å². The van der Waals surface area contributed by atoms with Crippen LogP contribution < -0.4 is 10.2 Å². The zero-order chi connectivity index (χ0) is 27.4. The zero-order valence-electron chi connectivity index (χ0n) is 21.3. The normalized spacial score (nSPS) is 15.7. The van der Waals surface area contributed by atoms with Crippen molar-refractivity contribution in [3.05, 3.63) is 58.9 Å². The van der Waals surface area contributed by atoms with Gasteiger partial charge in [-0.05, 0) is 57.7 Å². The number of hydrogen-bond acceptors (Lipinski definition) is 5. The number of nitrogens with one attached hydrogen (secondary N) is 1. The first kappa shape index (κ1) is 28.6. The van der Waals surface area contributed by atoms with Crippen LogP contribution in [0.1, 0.15) is 50.9 Å². The summed E-state index contributed by atoms with van der Waals surface area (Å²) < 4.78 is 44.4. The van der Waals surface area contributed by atoms with Gasteiger partial charge in [-0.2, -0.15) is 13.2 Å². The molecule has 1 unspecified atom stereocenters. The van der Waals surface area contributed by atoms with Crippen LogP contribution in [0.5, 0.6) is 0 Å². The fourth-order valence-corrected chi connectivity index (χ4v) is 4.48. The van der Waals surface area contributed by atoms with Gasteiger partial charge in [0.2, 0.25) is 5.91 Å². The van der Waals surface area contributed by atoms with Gasteiger partial charge in [-0.1, -0.05) is 29.8 Å². The molecule has 0 bridgehead atoms. The minimum Gasteiger partial charge on any atom is -0.444 e. The Hall–Kier alpha value is -3.01. The standard InChI is InChI=1S/C26H32ClF3N4O3/c1-25(2,3)37-24(36)32-22(19-7-5-6-8-20(19)27)23(35)34-13-10-17(11-14-34)16-33(4)18-9-12-31-21(15-18)26(28,29)30/h5-9,12,15,17,22H,10-11,13-14,16H2,1-4H3,(H,32,36). The smallest absolute Gasteiger partial charge is 0.433 e. The van der Waals surface area contributed by atoms with Crippen LogP contribution in [-0.4, -0.2) is 54.2 Å². The Morgan fingerprint density at radius 2 is 1.84 bits per heavy atom. The first-order valence-corrected chi connectivity index (χ1v) is 12.4. The summed E-state index contributed by atoms with van der Waals surface area (Å²) in [5.41, 5.74) is -0.764. The third-order valence-corrected chi connectivity index (χ3v) is 6.40. The Morgan fingerprint density at radius 3 is 2.43 bits per heavy atom. The van der Waals surface area contributed by atoms with Crippen molar-refractivity contribution in [3.63, 3.8) is 0 Å². The molecule has 1 aromatic carbocycles. The topological polar surface area (TPSA) is 74.8 Å². The maximum Gasteiger partial charge on any atom is 0.433 e. The molecular weight excluding hydrogens is 509 g/mol. The summed E-state index contributed by atoms with van der Waals surface area (Å²) in [5.74, 6) is -0.121. The lowest BCUT2D eigenvalue weighted by atomic mass is 9.95. The number of piperidine rings is 1. The maximum atomic E-state index is 13.5. The quantitative estimate of drug-likeness (QED) is 0.509. The van der Waals surface area contributed by atoms with E-state index in [0.717, 1.165) is 12.3 Å². The first-order chi connectivity index (χ1) is 17.2. The molecule has 1 atom stereocenters. The highest BCUT2D eigenvalue weighted by molar-refractivity contribution is 6.31. The lowest BCUT2D eigenvalue weighted by molar-refractivity contribution is -0.141. The van der Waals surface area contributed by atoms with Crippen molar-refractivity contribution in [2.24, 2.45) is 5.92 Å². The third kappa shape index (κ3) is 7.99. The minimum atomic E-state index is -4.51. The molecule has 0 spiro atoms. The lowest BCUT2D eigenvalue weighted by Crippen LogP contribution is -2.47. The van der Waals surface area contributed by atoms with Crippen LogP contribution in [0.3, 0.4) is 0 Å². The Kier molecular flexibility index (Phi) is 8.94. The van der Waals surface area contributed by atoms with E-state index in [-0.39, 0.29) is 11.8 Å². The number of rotatable bonds is 6. The van der Waals surface area contributed by atoms with Crippen molar-refractivity contribution in [2.75, 3.05) is 31.6 Å². The number of pyridine rings is 1. The van der Waals surface area contributed by atoms with E-state index in [0.29, 0.717) is 48.7 Å². The number of amides is 2. The molecule has 11 heteroatoms. The lowest BCUT2D eigenvalue weighted by Gasteiger charge is -2.36. The number of alkyl carbamates (subject to hydrolysis) is 1. The van der Waals surface area contributed by atoms with E-state index < -0.39 is 29.6 Å². The van der Waals surface area contributed by atoms with E-state index in [1.54, 1.807) is 68.0 Å². The van der Waals surface area contributed by atoms with Crippen molar-refractivity contribution in [3.8, 4) is 0 Å². The number of alkyl halides is 3. The summed E-state index contributed by atoms with van der Waals surface area (Å²) >= 11 is 6.35. The van der Waals surface area contributed by atoms with Crippen LogP contribution in [0.15, 0.2) is 42.6 Å². The van der Waals surface area contributed by atoms with E-state index in [2.05, 4.69) is 10.3 Å².